The molecule has 7 nitrogen and oxygen atoms in total. The highest BCUT2D eigenvalue weighted by Gasteiger charge is 2.41. The van der Waals surface area contributed by atoms with Crippen LogP contribution >= 0.6 is 0 Å². The lowest BCUT2D eigenvalue weighted by Gasteiger charge is -2.46. The van der Waals surface area contributed by atoms with Gasteiger partial charge in [-0.3, -0.25) is 14.5 Å². The first-order valence-electron chi connectivity index (χ1n) is 10.3. The Balaban J connectivity index is 1.53. The number of hydrogen-bond acceptors (Lipinski definition) is 4. The number of urea groups is 1. The van der Waals surface area contributed by atoms with E-state index in [4.69, 9.17) is 0 Å². The molecule has 0 spiro atoms. The summed E-state index contributed by atoms with van der Waals surface area (Å²) in [5.74, 6) is -0.529. The van der Waals surface area contributed by atoms with Gasteiger partial charge in [-0.15, -0.1) is 0 Å². The average molecular weight is 401 g/mol. The molecular weight excluding hydrogens is 368 g/mol. The van der Waals surface area contributed by atoms with E-state index in [2.05, 4.69) is 43.6 Å². The minimum absolute atomic E-state index is 0.0306. The Hall–Kier alpha value is -2.41. The quantitative estimate of drug-likeness (QED) is 0.637. The zero-order valence-corrected chi connectivity index (χ0v) is 17.7. The van der Waals surface area contributed by atoms with Crippen molar-refractivity contribution in [3.63, 3.8) is 0 Å². The van der Waals surface area contributed by atoms with Crippen LogP contribution in [0.25, 0.3) is 0 Å². The summed E-state index contributed by atoms with van der Waals surface area (Å²) in [4.78, 5) is 38.6. The van der Waals surface area contributed by atoms with Gasteiger partial charge >= 0.3 is 6.03 Å². The molecule has 29 heavy (non-hydrogen) atoms. The van der Waals surface area contributed by atoms with Crippen molar-refractivity contribution in [2.45, 2.75) is 76.5 Å². The third kappa shape index (κ3) is 5.56. The molecule has 2 fully saturated rings. The van der Waals surface area contributed by atoms with Crippen molar-refractivity contribution in [2.24, 2.45) is 0 Å². The van der Waals surface area contributed by atoms with Crippen LogP contribution in [0.15, 0.2) is 30.3 Å². The standard InChI is InChI=1S/C22H32N4O3/c1-21(2)13-16(14-22(3,4)25-21)23-18(27)12-17-19(28)26(20(29)24-17)11-10-15-8-6-5-7-9-15/h5-9,16-17,25H,10-14H2,1-4H3,(H,23,27)(H,24,29)/t17-/m1/s1. The van der Waals surface area contributed by atoms with Gasteiger partial charge in [-0.05, 0) is 52.5 Å². The first-order valence-corrected chi connectivity index (χ1v) is 10.3. The van der Waals surface area contributed by atoms with Crippen molar-refractivity contribution in [3.8, 4) is 0 Å². The number of carbonyl (C=O) groups excluding carboxylic acids is 3. The van der Waals surface area contributed by atoms with E-state index in [9.17, 15) is 14.4 Å². The Bertz CT molecular complexity index is 760. The molecule has 0 bridgehead atoms. The highest BCUT2D eigenvalue weighted by Crippen LogP contribution is 2.28. The van der Waals surface area contributed by atoms with Crippen LogP contribution in [0.1, 0.15) is 52.5 Å². The number of benzene rings is 1. The van der Waals surface area contributed by atoms with E-state index in [-0.39, 0.29) is 35.4 Å². The molecule has 3 N–H and O–H groups in total. The van der Waals surface area contributed by atoms with Gasteiger partial charge in [-0.2, -0.15) is 0 Å². The molecule has 0 aromatic heterocycles. The molecule has 1 aromatic rings. The van der Waals surface area contributed by atoms with Gasteiger partial charge in [0.25, 0.3) is 5.91 Å². The molecule has 1 aromatic carbocycles. The van der Waals surface area contributed by atoms with Crippen LogP contribution in [0.4, 0.5) is 4.79 Å². The van der Waals surface area contributed by atoms with Gasteiger partial charge in [0.1, 0.15) is 6.04 Å². The van der Waals surface area contributed by atoms with E-state index in [0.717, 1.165) is 18.4 Å². The SMILES string of the molecule is CC1(C)CC(NC(=O)C[C@H]2NC(=O)N(CCc3ccccc3)C2=O)CC(C)(C)N1. The largest absolute Gasteiger partial charge is 0.353 e. The smallest absolute Gasteiger partial charge is 0.324 e. The molecule has 3 rings (SSSR count). The van der Waals surface area contributed by atoms with Gasteiger partial charge in [0.05, 0.1) is 6.42 Å². The Morgan fingerprint density at radius 3 is 2.34 bits per heavy atom. The molecule has 1 atom stereocenters. The third-order valence-corrected chi connectivity index (χ3v) is 5.52. The lowest BCUT2D eigenvalue weighted by atomic mass is 9.79. The molecule has 7 heteroatoms. The molecular formula is C22H32N4O3. The Labute approximate surface area is 172 Å². The van der Waals surface area contributed by atoms with Gasteiger partial charge in [-0.1, -0.05) is 30.3 Å². The number of rotatable bonds is 6. The maximum absolute atomic E-state index is 12.6. The van der Waals surface area contributed by atoms with Gasteiger partial charge in [0, 0.05) is 23.7 Å². The van der Waals surface area contributed by atoms with E-state index >= 15 is 0 Å². The molecule has 2 saturated heterocycles. The van der Waals surface area contributed by atoms with Crippen LogP contribution in [0.5, 0.6) is 0 Å². The number of nitrogens with zero attached hydrogens (tertiary/aromatic N) is 1. The summed E-state index contributed by atoms with van der Waals surface area (Å²) in [6.07, 6.45) is 2.20. The van der Waals surface area contributed by atoms with E-state index in [1.807, 2.05) is 30.3 Å². The van der Waals surface area contributed by atoms with Crippen LogP contribution in [0, 0.1) is 0 Å². The summed E-state index contributed by atoms with van der Waals surface area (Å²) in [6.45, 7) is 8.80. The van der Waals surface area contributed by atoms with E-state index in [0.29, 0.717) is 13.0 Å². The van der Waals surface area contributed by atoms with Crippen molar-refractivity contribution >= 4 is 17.8 Å². The van der Waals surface area contributed by atoms with Crippen LogP contribution in [-0.2, 0) is 16.0 Å². The predicted molar refractivity (Wildman–Crippen MR) is 111 cm³/mol. The molecule has 0 saturated carbocycles. The molecule has 158 valence electrons. The topological polar surface area (TPSA) is 90.5 Å². The van der Waals surface area contributed by atoms with Gasteiger partial charge in [0.2, 0.25) is 5.91 Å². The minimum Gasteiger partial charge on any atom is -0.353 e. The van der Waals surface area contributed by atoms with Crippen molar-refractivity contribution in [1.82, 2.24) is 20.9 Å². The monoisotopic (exact) mass is 400 g/mol. The maximum atomic E-state index is 12.6. The fourth-order valence-electron chi connectivity index (χ4n) is 4.71. The highest BCUT2D eigenvalue weighted by molar-refractivity contribution is 6.05. The summed E-state index contributed by atoms with van der Waals surface area (Å²) in [5, 5.41) is 9.30. The number of hydrogen-bond donors (Lipinski definition) is 3. The van der Waals surface area contributed by atoms with Crippen molar-refractivity contribution in [3.05, 3.63) is 35.9 Å². The van der Waals surface area contributed by atoms with Gasteiger partial charge in [0.15, 0.2) is 0 Å². The highest BCUT2D eigenvalue weighted by atomic mass is 16.2. The lowest BCUT2D eigenvalue weighted by Crippen LogP contribution is -2.62. The summed E-state index contributed by atoms with van der Waals surface area (Å²) in [6, 6.07) is 8.53. The molecule has 2 aliphatic rings. The number of carbonyl (C=O) groups is 3. The van der Waals surface area contributed by atoms with Crippen molar-refractivity contribution < 1.29 is 14.4 Å². The first-order chi connectivity index (χ1) is 13.5. The van der Waals surface area contributed by atoms with Crippen molar-refractivity contribution in [2.75, 3.05) is 6.54 Å². The zero-order chi connectivity index (χ0) is 21.2. The van der Waals surface area contributed by atoms with Crippen molar-refractivity contribution in [1.29, 1.82) is 0 Å². The fraction of sp³-hybridized carbons (Fsp3) is 0.591. The van der Waals surface area contributed by atoms with E-state index in [1.165, 1.54) is 4.90 Å². The molecule has 0 radical (unpaired) electrons. The Morgan fingerprint density at radius 2 is 1.72 bits per heavy atom. The first kappa shape index (κ1) is 21.3. The van der Waals surface area contributed by atoms with Gasteiger partial charge < -0.3 is 16.0 Å². The second-order valence-electron chi connectivity index (χ2n) is 9.50. The normalized spacial score (nSPS) is 23.7. The van der Waals surface area contributed by atoms with Crippen LogP contribution < -0.4 is 16.0 Å². The van der Waals surface area contributed by atoms with Crippen LogP contribution in [-0.4, -0.2) is 52.5 Å². The molecule has 2 aliphatic heterocycles. The summed E-state index contributed by atoms with van der Waals surface area (Å²) in [7, 11) is 0. The fourth-order valence-corrected chi connectivity index (χ4v) is 4.71. The average Bonchev–Trinajstić information content (AvgIpc) is 2.84. The second-order valence-corrected chi connectivity index (χ2v) is 9.50. The number of imide groups is 1. The van der Waals surface area contributed by atoms with E-state index in [1.54, 1.807) is 0 Å². The maximum Gasteiger partial charge on any atom is 0.324 e. The summed E-state index contributed by atoms with van der Waals surface area (Å²) in [5.41, 5.74) is 0.904. The molecule has 0 aliphatic carbocycles. The molecule has 4 amide bonds. The number of nitrogens with one attached hydrogen (secondary N) is 3. The number of amides is 4. The number of piperidine rings is 1. The van der Waals surface area contributed by atoms with Crippen LogP contribution in [0.2, 0.25) is 0 Å². The van der Waals surface area contributed by atoms with Gasteiger partial charge in [-0.25, -0.2) is 4.79 Å². The summed E-state index contributed by atoms with van der Waals surface area (Å²) >= 11 is 0. The molecule has 0 unspecified atom stereocenters. The Morgan fingerprint density at radius 1 is 1.10 bits per heavy atom. The lowest BCUT2D eigenvalue weighted by molar-refractivity contribution is -0.131. The predicted octanol–water partition coefficient (Wildman–Crippen LogP) is 1.96. The zero-order valence-electron chi connectivity index (χ0n) is 17.7. The molecule has 2 heterocycles. The second kappa shape index (κ2) is 8.14. The van der Waals surface area contributed by atoms with E-state index < -0.39 is 12.1 Å². The minimum atomic E-state index is -0.791. The Kier molecular flexibility index (Phi) is 5.98. The van der Waals surface area contributed by atoms with Crippen LogP contribution in [0.3, 0.4) is 0 Å². The third-order valence-electron chi connectivity index (χ3n) is 5.52. The summed E-state index contributed by atoms with van der Waals surface area (Å²) < 4.78 is 0.